The summed E-state index contributed by atoms with van der Waals surface area (Å²) < 4.78 is 11.6. The minimum Gasteiger partial charge on any atom is -0.490 e. The van der Waals surface area contributed by atoms with Crippen LogP contribution in [0.4, 0.5) is 0 Å². The summed E-state index contributed by atoms with van der Waals surface area (Å²) in [6.45, 7) is 4.87. The Morgan fingerprint density at radius 1 is 1.06 bits per heavy atom. The molecule has 0 unspecified atom stereocenters. The first-order chi connectivity index (χ1) is 16.0. The van der Waals surface area contributed by atoms with Crippen molar-refractivity contribution in [2.75, 3.05) is 12.4 Å². The van der Waals surface area contributed by atoms with Crippen molar-refractivity contribution in [2.45, 2.75) is 26.2 Å². The number of thioether (sulfide) groups is 1. The van der Waals surface area contributed by atoms with Crippen LogP contribution in [0.25, 0.3) is 0 Å². The Balaban J connectivity index is 1.51. The molecular weight excluding hydrogens is 456 g/mol. The van der Waals surface area contributed by atoms with Gasteiger partial charge in [-0.25, -0.2) is 5.43 Å². The molecule has 3 rings (SSSR count). The second-order valence-electron chi connectivity index (χ2n) is 7.27. The van der Waals surface area contributed by atoms with Crippen LogP contribution >= 0.6 is 23.4 Å². The first kappa shape index (κ1) is 24.7. The van der Waals surface area contributed by atoms with E-state index >= 15 is 0 Å². The zero-order chi connectivity index (χ0) is 23.5. The van der Waals surface area contributed by atoms with Gasteiger partial charge in [0.05, 0.1) is 18.6 Å². The van der Waals surface area contributed by atoms with Gasteiger partial charge >= 0.3 is 0 Å². The SMILES string of the molecule is CCOc1cc(/C=N/NC(=O)CSCc2ccccc2C)ccc1OCc1cccc(Cl)c1. The number of halogens is 1. The van der Waals surface area contributed by atoms with E-state index in [0.717, 1.165) is 16.9 Å². The van der Waals surface area contributed by atoms with Gasteiger partial charge in [0, 0.05) is 10.8 Å². The summed E-state index contributed by atoms with van der Waals surface area (Å²) in [5.41, 5.74) is 6.81. The lowest BCUT2D eigenvalue weighted by atomic mass is 10.1. The number of nitrogens with zero attached hydrogens (tertiary/aromatic N) is 1. The quantitative estimate of drug-likeness (QED) is 0.268. The van der Waals surface area contributed by atoms with Crippen LogP contribution in [0, 0.1) is 6.92 Å². The second kappa shape index (κ2) is 12.9. The molecular formula is C26H27ClN2O3S. The summed E-state index contributed by atoms with van der Waals surface area (Å²) in [5, 5.41) is 4.74. The third kappa shape index (κ3) is 8.15. The van der Waals surface area contributed by atoms with Crippen molar-refractivity contribution >= 4 is 35.5 Å². The van der Waals surface area contributed by atoms with Crippen LogP contribution in [0.3, 0.4) is 0 Å². The lowest BCUT2D eigenvalue weighted by Gasteiger charge is -2.12. The number of carbonyl (C=O) groups excluding carboxylic acids is 1. The number of aryl methyl sites for hydroxylation is 1. The van der Waals surface area contributed by atoms with Gasteiger partial charge in [-0.15, -0.1) is 11.8 Å². The van der Waals surface area contributed by atoms with E-state index < -0.39 is 0 Å². The molecule has 0 spiro atoms. The van der Waals surface area contributed by atoms with E-state index in [1.54, 1.807) is 18.0 Å². The third-order valence-corrected chi connectivity index (χ3v) is 5.92. The summed E-state index contributed by atoms with van der Waals surface area (Å²) in [4.78, 5) is 12.1. The van der Waals surface area contributed by atoms with Gasteiger partial charge in [0.15, 0.2) is 11.5 Å². The molecule has 7 heteroatoms. The fourth-order valence-electron chi connectivity index (χ4n) is 3.02. The van der Waals surface area contributed by atoms with Crippen molar-refractivity contribution in [1.29, 1.82) is 0 Å². The maximum Gasteiger partial charge on any atom is 0.250 e. The Hall–Kier alpha value is -2.96. The van der Waals surface area contributed by atoms with Crippen molar-refractivity contribution in [3.05, 3.63) is 94.0 Å². The van der Waals surface area contributed by atoms with Gasteiger partial charge in [0.2, 0.25) is 5.91 Å². The molecule has 3 aromatic rings. The molecule has 172 valence electrons. The van der Waals surface area contributed by atoms with Crippen LogP contribution in [0.5, 0.6) is 11.5 Å². The largest absolute Gasteiger partial charge is 0.490 e. The van der Waals surface area contributed by atoms with Crippen LogP contribution in [0.15, 0.2) is 71.8 Å². The van der Waals surface area contributed by atoms with Gasteiger partial charge in [-0.05, 0) is 66.4 Å². The van der Waals surface area contributed by atoms with Crippen LogP contribution in [0.2, 0.25) is 5.02 Å². The zero-order valence-electron chi connectivity index (χ0n) is 18.7. The molecule has 1 N–H and O–H groups in total. The molecule has 0 heterocycles. The molecule has 1 amide bonds. The molecule has 0 bridgehead atoms. The summed E-state index contributed by atoms with van der Waals surface area (Å²) in [6.07, 6.45) is 1.59. The van der Waals surface area contributed by atoms with Gasteiger partial charge < -0.3 is 9.47 Å². The average molecular weight is 483 g/mol. The van der Waals surface area contributed by atoms with Gasteiger partial charge in [0.25, 0.3) is 0 Å². The van der Waals surface area contributed by atoms with E-state index in [2.05, 4.69) is 29.6 Å². The standard InChI is InChI=1S/C26H27ClN2O3S/c1-3-31-25-14-20(11-12-24(25)32-16-21-8-6-10-23(27)13-21)15-28-29-26(30)18-33-17-22-9-5-4-7-19(22)2/h4-15H,3,16-18H2,1-2H3,(H,29,30)/b28-15+. The number of rotatable bonds is 11. The predicted molar refractivity (Wildman–Crippen MR) is 136 cm³/mol. The van der Waals surface area contributed by atoms with Crippen LogP contribution in [0.1, 0.15) is 29.2 Å². The van der Waals surface area contributed by atoms with Crippen molar-refractivity contribution in [3.8, 4) is 11.5 Å². The number of amides is 1. The fraction of sp³-hybridized carbons (Fsp3) is 0.231. The second-order valence-corrected chi connectivity index (χ2v) is 8.69. The van der Waals surface area contributed by atoms with E-state index in [4.69, 9.17) is 21.1 Å². The highest BCUT2D eigenvalue weighted by molar-refractivity contribution is 7.99. The number of carbonyl (C=O) groups is 1. The molecule has 0 saturated carbocycles. The molecule has 0 aliphatic carbocycles. The van der Waals surface area contributed by atoms with E-state index in [1.807, 2.05) is 61.5 Å². The van der Waals surface area contributed by atoms with Gasteiger partial charge in [-0.2, -0.15) is 5.10 Å². The minimum atomic E-state index is -0.142. The third-order valence-electron chi connectivity index (χ3n) is 4.71. The molecule has 0 saturated heterocycles. The molecule has 3 aromatic carbocycles. The first-order valence-corrected chi connectivity index (χ1v) is 12.2. The van der Waals surface area contributed by atoms with Gasteiger partial charge in [-0.3, -0.25) is 4.79 Å². The Morgan fingerprint density at radius 2 is 1.91 bits per heavy atom. The molecule has 5 nitrogen and oxygen atoms in total. The summed E-state index contributed by atoms with van der Waals surface area (Å²) >= 11 is 7.59. The van der Waals surface area contributed by atoms with E-state index in [0.29, 0.717) is 35.5 Å². The number of hydrogen-bond acceptors (Lipinski definition) is 5. The van der Waals surface area contributed by atoms with E-state index in [1.165, 1.54) is 11.1 Å². The predicted octanol–water partition coefficient (Wildman–Crippen LogP) is 6.01. The molecule has 0 aliphatic heterocycles. The topological polar surface area (TPSA) is 59.9 Å². The van der Waals surface area contributed by atoms with Crippen molar-refractivity contribution in [1.82, 2.24) is 5.43 Å². The van der Waals surface area contributed by atoms with Crippen molar-refractivity contribution in [2.24, 2.45) is 5.10 Å². The molecule has 0 aromatic heterocycles. The van der Waals surface area contributed by atoms with Crippen LogP contribution in [-0.4, -0.2) is 24.5 Å². The normalized spacial score (nSPS) is 10.9. The van der Waals surface area contributed by atoms with Gasteiger partial charge in [-0.1, -0.05) is 48.0 Å². The Morgan fingerprint density at radius 3 is 2.70 bits per heavy atom. The summed E-state index contributed by atoms with van der Waals surface area (Å²) in [6, 6.07) is 21.2. The number of hydrogen-bond donors (Lipinski definition) is 1. The first-order valence-electron chi connectivity index (χ1n) is 10.6. The monoisotopic (exact) mass is 482 g/mol. The Labute approximate surface area is 204 Å². The number of benzene rings is 3. The molecule has 33 heavy (non-hydrogen) atoms. The van der Waals surface area contributed by atoms with Gasteiger partial charge in [0.1, 0.15) is 6.61 Å². The highest BCUT2D eigenvalue weighted by atomic mass is 35.5. The highest BCUT2D eigenvalue weighted by Gasteiger charge is 2.07. The Kier molecular flexibility index (Phi) is 9.66. The van der Waals surface area contributed by atoms with Crippen molar-refractivity contribution < 1.29 is 14.3 Å². The van der Waals surface area contributed by atoms with Crippen LogP contribution in [-0.2, 0) is 17.2 Å². The maximum atomic E-state index is 12.1. The summed E-state index contributed by atoms with van der Waals surface area (Å²) in [7, 11) is 0. The smallest absolute Gasteiger partial charge is 0.250 e. The lowest BCUT2D eigenvalue weighted by Crippen LogP contribution is -2.19. The molecule has 0 fully saturated rings. The summed E-state index contributed by atoms with van der Waals surface area (Å²) in [5.74, 6) is 2.23. The molecule has 0 atom stereocenters. The maximum absolute atomic E-state index is 12.1. The minimum absolute atomic E-state index is 0.142. The average Bonchev–Trinajstić information content (AvgIpc) is 2.80. The van der Waals surface area contributed by atoms with Crippen LogP contribution < -0.4 is 14.9 Å². The highest BCUT2D eigenvalue weighted by Crippen LogP contribution is 2.29. The van der Waals surface area contributed by atoms with Crippen molar-refractivity contribution in [3.63, 3.8) is 0 Å². The zero-order valence-corrected chi connectivity index (χ0v) is 20.3. The molecule has 0 radical (unpaired) electrons. The molecule has 0 aliphatic rings. The Bertz CT molecular complexity index is 1100. The number of nitrogens with one attached hydrogen (secondary N) is 1. The fourth-order valence-corrected chi connectivity index (χ4v) is 4.13. The number of ether oxygens (including phenoxy) is 2. The van der Waals surface area contributed by atoms with E-state index in [9.17, 15) is 4.79 Å². The lowest BCUT2D eigenvalue weighted by molar-refractivity contribution is -0.118. The van der Waals surface area contributed by atoms with E-state index in [-0.39, 0.29) is 5.91 Å². The number of hydrazone groups is 1.